The van der Waals surface area contributed by atoms with E-state index < -0.39 is 18.0 Å². The van der Waals surface area contributed by atoms with Crippen molar-refractivity contribution in [3.8, 4) is 5.75 Å². The number of carbonyl (C=O) groups is 3. The molecule has 0 aliphatic rings. The molecule has 2 aromatic carbocycles. The summed E-state index contributed by atoms with van der Waals surface area (Å²) in [5, 5.41) is 2.65. The second-order valence-corrected chi connectivity index (χ2v) is 7.79. The zero-order chi connectivity index (χ0) is 21.6. The summed E-state index contributed by atoms with van der Waals surface area (Å²) in [6.07, 6.45) is -0.989. The first-order valence-electron chi connectivity index (χ1n) is 9.41. The molecule has 2 rings (SSSR count). The lowest BCUT2D eigenvalue weighted by molar-refractivity contribution is -0.155. The van der Waals surface area contributed by atoms with Gasteiger partial charge in [0.15, 0.2) is 18.5 Å². The minimum absolute atomic E-state index is 0.0572. The Bertz CT molecular complexity index is 881. The summed E-state index contributed by atoms with van der Waals surface area (Å²) in [7, 11) is 0. The molecule has 1 amide bonds. The second kappa shape index (κ2) is 9.37. The predicted molar refractivity (Wildman–Crippen MR) is 111 cm³/mol. The number of rotatable bonds is 7. The molecule has 6 heteroatoms. The number of para-hydroxylation sites is 1. The quantitative estimate of drug-likeness (QED) is 0.561. The molecule has 0 fully saturated rings. The van der Waals surface area contributed by atoms with Crippen molar-refractivity contribution < 1.29 is 23.9 Å². The third-order valence-corrected chi connectivity index (χ3v) is 4.28. The average molecular weight is 397 g/mol. The van der Waals surface area contributed by atoms with E-state index in [-0.39, 0.29) is 17.8 Å². The van der Waals surface area contributed by atoms with Crippen LogP contribution in [0.3, 0.4) is 0 Å². The van der Waals surface area contributed by atoms with Crippen LogP contribution in [0.1, 0.15) is 50.5 Å². The van der Waals surface area contributed by atoms with E-state index in [4.69, 9.17) is 9.47 Å². The van der Waals surface area contributed by atoms with Gasteiger partial charge in [0.25, 0.3) is 5.91 Å². The first-order valence-corrected chi connectivity index (χ1v) is 9.41. The molecule has 0 bridgehead atoms. The van der Waals surface area contributed by atoms with Crippen LogP contribution in [0.15, 0.2) is 48.5 Å². The summed E-state index contributed by atoms with van der Waals surface area (Å²) in [5.41, 5.74) is 1.91. The average Bonchev–Trinajstić information content (AvgIpc) is 2.66. The number of carbonyl (C=O) groups excluding carboxylic acids is 3. The van der Waals surface area contributed by atoms with Crippen LogP contribution in [0.4, 0.5) is 5.69 Å². The first kappa shape index (κ1) is 22.1. The maximum Gasteiger partial charge on any atom is 0.344 e. The first-order chi connectivity index (χ1) is 13.6. The largest absolute Gasteiger partial charge is 0.482 e. The maximum absolute atomic E-state index is 12.2. The van der Waals surface area contributed by atoms with Crippen LogP contribution < -0.4 is 10.1 Å². The number of nitrogens with one attached hydrogen (secondary N) is 1. The summed E-state index contributed by atoms with van der Waals surface area (Å²) in [4.78, 5) is 35.6. The molecule has 0 unspecified atom stereocenters. The molecule has 154 valence electrons. The summed E-state index contributed by atoms with van der Waals surface area (Å²) < 4.78 is 10.8. The molecule has 0 spiro atoms. The van der Waals surface area contributed by atoms with Crippen molar-refractivity contribution in [3.05, 3.63) is 59.7 Å². The van der Waals surface area contributed by atoms with Crippen LogP contribution >= 0.6 is 0 Å². The van der Waals surface area contributed by atoms with E-state index >= 15 is 0 Å². The number of Topliss-reactive ketones (excluding diaryl/α,β-unsaturated/α-hetero) is 1. The van der Waals surface area contributed by atoms with E-state index in [0.717, 1.165) is 5.56 Å². The molecule has 2 aromatic rings. The topological polar surface area (TPSA) is 81.7 Å². The summed E-state index contributed by atoms with van der Waals surface area (Å²) >= 11 is 0. The number of ketones is 1. The van der Waals surface area contributed by atoms with Crippen LogP contribution in [-0.4, -0.2) is 30.4 Å². The molecule has 0 saturated heterocycles. The highest BCUT2D eigenvalue weighted by molar-refractivity contribution is 5.97. The fourth-order valence-electron chi connectivity index (χ4n) is 2.67. The van der Waals surface area contributed by atoms with E-state index in [1.54, 1.807) is 30.3 Å². The second-order valence-electron chi connectivity index (χ2n) is 7.79. The van der Waals surface area contributed by atoms with Crippen molar-refractivity contribution in [3.63, 3.8) is 0 Å². The lowest BCUT2D eigenvalue weighted by atomic mass is 9.86. The molecule has 0 aliphatic carbocycles. The van der Waals surface area contributed by atoms with Crippen LogP contribution in [0, 0.1) is 0 Å². The number of hydrogen-bond acceptors (Lipinski definition) is 5. The van der Waals surface area contributed by atoms with Gasteiger partial charge in [-0.1, -0.05) is 39.0 Å². The number of esters is 1. The van der Waals surface area contributed by atoms with Crippen LogP contribution in [0.25, 0.3) is 0 Å². The van der Waals surface area contributed by atoms with E-state index in [0.29, 0.717) is 17.0 Å². The zero-order valence-electron chi connectivity index (χ0n) is 17.4. The molecule has 0 aliphatic heterocycles. The van der Waals surface area contributed by atoms with Crippen molar-refractivity contribution >= 4 is 23.3 Å². The fourth-order valence-corrected chi connectivity index (χ4v) is 2.67. The van der Waals surface area contributed by atoms with Gasteiger partial charge in [0, 0.05) is 11.3 Å². The van der Waals surface area contributed by atoms with Crippen molar-refractivity contribution in [2.24, 2.45) is 0 Å². The fraction of sp³-hybridized carbons (Fsp3) is 0.348. The Labute approximate surface area is 171 Å². The maximum atomic E-state index is 12.2. The van der Waals surface area contributed by atoms with E-state index in [2.05, 4.69) is 26.1 Å². The Morgan fingerprint density at radius 2 is 1.62 bits per heavy atom. The number of hydrogen-bond donors (Lipinski definition) is 1. The lowest BCUT2D eigenvalue weighted by Gasteiger charge is -2.22. The minimum atomic E-state index is -0.989. The highest BCUT2D eigenvalue weighted by Crippen LogP contribution is 2.30. The van der Waals surface area contributed by atoms with E-state index in [1.807, 2.05) is 18.2 Å². The van der Waals surface area contributed by atoms with Gasteiger partial charge in [0.2, 0.25) is 0 Å². The lowest BCUT2D eigenvalue weighted by Crippen LogP contribution is -2.31. The van der Waals surface area contributed by atoms with Gasteiger partial charge in [-0.05, 0) is 55.2 Å². The van der Waals surface area contributed by atoms with Gasteiger partial charge < -0.3 is 14.8 Å². The van der Waals surface area contributed by atoms with Crippen LogP contribution in [0.5, 0.6) is 5.75 Å². The number of ether oxygens (including phenoxy) is 2. The predicted octanol–water partition coefficient (Wildman–Crippen LogP) is 4.14. The third-order valence-electron chi connectivity index (χ3n) is 4.28. The number of benzene rings is 2. The Hall–Kier alpha value is -3.15. The van der Waals surface area contributed by atoms with E-state index in [9.17, 15) is 14.4 Å². The standard InChI is InChI=1S/C23H27NO5/c1-15(25)17-10-12-18(13-11-17)24-22(27)16(2)29-21(26)14-28-20-9-7-6-8-19(20)23(3,4)5/h6-13,16H,14H2,1-5H3,(H,24,27)/t16-/m1/s1. The SMILES string of the molecule is CC(=O)c1ccc(NC(=O)[C@@H](C)OC(=O)COc2ccccc2C(C)(C)C)cc1. The highest BCUT2D eigenvalue weighted by Gasteiger charge is 2.21. The highest BCUT2D eigenvalue weighted by atomic mass is 16.6. The zero-order valence-corrected chi connectivity index (χ0v) is 17.4. The van der Waals surface area contributed by atoms with Crippen molar-refractivity contribution in [2.45, 2.75) is 46.1 Å². The number of amides is 1. The van der Waals surface area contributed by atoms with Crippen molar-refractivity contribution in [1.29, 1.82) is 0 Å². The monoisotopic (exact) mass is 397 g/mol. The molecule has 0 heterocycles. The molecular weight excluding hydrogens is 370 g/mol. The van der Waals surface area contributed by atoms with Gasteiger partial charge in [-0.3, -0.25) is 9.59 Å². The summed E-state index contributed by atoms with van der Waals surface area (Å²) in [6, 6.07) is 14.0. The molecule has 1 atom stereocenters. The molecule has 6 nitrogen and oxygen atoms in total. The van der Waals surface area contributed by atoms with Gasteiger partial charge in [0.1, 0.15) is 5.75 Å². The van der Waals surface area contributed by atoms with Crippen molar-refractivity contribution in [1.82, 2.24) is 0 Å². The van der Waals surface area contributed by atoms with Gasteiger partial charge in [0.05, 0.1) is 0 Å². The van der Waals surface area contributed by atoms with Crippen LogP contribution in [0.2, 0.25) is 0 Å². The van der Waals surface area contributed by atoms with Gasteiger partial charge in [-0.15, -0.1) is 0 Å². The van der Waals surface area contributed by atoms with E-state index in [1.165, 1.54) is 13.8 Å². The molecule has 0 saturated carbocycles. The molecule has 29 heavy (non-hydrogen) atoms. The number of anilines is 1. The summed E-state index contributed by atoms with van der Waals surface area (Å²) in [6.45, 7) is 8.84. The molecular formula is C23H27NO5. The van der Waals surface area contributed by atoms with Gasteiger partial charge >= 0.3 is 5.97 Å². The smallest absolute Gasteiger partial charge is 0.344 e. The van der Waals surface area contributed by atoms with Crippen LogP contribution in [-0.2, 0) is 19.7 Å². The molecule has 0 radical (unpaired) electrons. The minimum Gasteiger partial charge on any atom is -0.482 e. The van der Waals surface area contributed by atoms with Gasteiger partial charge in [-0.2, -0.15) is 0 Å². The molecule has 0 aromatic heterocycles. The Morgan fingerprint density at radius 1 is 1.00 bits per heavy atom. The van der Waals surface area contributed by atoms with Gasteiger partial charge in [-0.25, -0.2) is 4.79 Å². The normalized spacial score (nSPS) is 12.0. The van der Waals surface area contributed by atoms with Crippen molar-refractivity contribution in [2.75, 3.05) is 11.9 Å². The third kappa shape index (κ3) is 6.45. The molecule has 1 N–H and O–H groups in total. The Balaban J connectivity index is 1.89. The Morgan fingerprint density at radius 3 is 2.21 bits per heavy atom. The summed E-state index contributed by atoms with van der Waals surface area (Å²) in [5.74, 6) is -0.551. The Kier molecular flexibility index (Phi) is 7.15.